The van der Waals surface area contributed by atoms with E-state index in [2.05, 4.69) is 19.1 Å². The van der Waals surface area contributed by atoms with Crippen LogP contribution in [0.4, 0.5) is 22.0 Å². The Kier molecular flexibility index (Phi) is 5.73. The minimum atomic E-state index is -4.37. The van der Waals surface area contributed by atoms with Crippen LogP contribution >= 0.6 is 0 Å². The van der Waals surface area contributed by atoms with Crippen LogP contribution in [0.3, 0.4) is 0 Å². The van der Waals surface area contributed by atoms with Crippen molar-refractivity contribution in [2.75, 3.05) is 0 Å². The van der Waals surface area contributed by atoms with Gasteiger partial charge >= 0.3 is 6.18 Å². The molecule has 2 aromatic rings. The molecule has 0 amide bonds. The predicted molar refractivity (Wildman–Crippen MR) is 107 cm³/mol. The van der Waals surface area contributed by atoms with Crippen LogP contribution < -0.4 is 0 Å². The van der Waals surface area contributed by atoms with Crippen molar-refractivity contribution in [2.45, 2.75) is 57.0 Å². The lowest BCUT2D eigenvalue weighted by molar-refractivity contribution is -0.137. The van der Waals surface area contributed by atoms with E-state index in [1.165, 1.54) is 6.07 Å². The molecule has 1 fully saturated rings. The van der Waals surface area contributed by atoms with Crippen molar-refractivity contribution in [1.29, 1.82) is 0 Å². The summed E-state index contributed by atoms with van der Waals surface area (Å²) >= 11 is 0. The monoisotopic (exact) mass is 420 g/mol. The van der Waals surface area contributed by atoms with Crippen LogP contribution in [0.1, 0.15) is 66.7 Å². The molecule has 0 nitrogen and oxygen atoms in total. The number of hydrogen-bond acceptors (Lipinski definition) is 0. The lowest BCUT2D eigenvalue weighted by atomic mass is 9.58. The molecular formula is C25H25F5. The first kappa shape index (κ1) is 21.1. The molecule has 0 unspecified atom stereocenters. The van der Waals surface area contributed by atoms with Gasteiger partial charge in [0.25, 0.3) is 0 Å². The van der Waals surface area contributed by atoms with Crippen LogP contribution in [0.15, 0.2) is 48.6 Å². The maximum Gasteiger partial charge on any atom is 0.416 e. The van der Waals surface area contributed by atoms with Gasteiger partial charge in [-0.15, -0.1) is 0 Å². The molecule has 0 radical (unpaired) electrons. The van der Waals surface area contributed by atoms with Crippen molar-refractivity contribution in [3.63, 3.8) is 0 Å². The van der Waals surface area contributed by atoms with Crippen molar-refractivity contribution >= 4 is 0 Å². The van der Waals surface area contributed by atoms with Gasteiger partial charge in [-0.1, -0.05) is 31.2 Å². The topological polar surface area (TPSA) is 0 Å². The fourth-order valence-corrected chi connectivity index (χ4v) is 5.54. The molecular weight excluding hydrogens is 395 g/mol. The number of hydrogen-bond donors (Lipinski definition) is 0. The van der Waals surface area contributed by atoms with Crippen LogP contribution in [-0.4, -0.2) is 0 Å². The van der Waals surface area contributed by atoms with E-state index in [0.717, 1.165) is 55.0 Å². The predicted octanol–water partition coefficient (Wildman–Crippen LogP) is 7.79. The molecule has 30 heavy (non-hydrogen) atoms. The SMILES string of the molecule is CC/C=C/[C@@H]1CC[C@H]2c3cc(F)cc(F)c3CC[C@@H]2[C@H]1c1ccc(C(F)(F)F)cc1. The van der Waals surface area contributed by atoms with E-state index in [-0.39, 0.29) is 23.7 Å². The highest BCUT2D eigenvalue weighted by Crippen LogP contribution is 2.54. The van der Waals surface area contributed by atoms with E-state index < -0.39 is 23.4 Å². The first-order valence-corrected chi connectivity index (χ1v) is 10.6. The van der Waals surface area contributed by atoms with E-state index >= 15 is 0 Å². The third kappa shape index (κ3) is 3.91. The zero-order chi connectivity index (χ0) is 21.5. The summed E-state index contributed by atoms with van der Waals surface area (Å²) in [6, 6.07) is 7.88. The summed E-state index contributed by atoms with van der Waals surface area (Å²) in [7, 11) is 0. The van der Waals surface area contributed by atoms with Crippen LogP contribution in [0.2, 0.25) is 0 Å². The van der Waals surface area contributed by atoms with Crippen molar-refractivity contribution in [2.24, 2.45) is 11.8 Å². The number of rotatable bonds is 3. The van der Waals surface area contributed by atoms with Gasteiger partial charge in [0.15, 0.2) is 0 Å². The minimum absolute atomic E-state index is 0.0255. The summed E-state index contributed by atoms with van der Waals surface area (Å²) in [5, 5.41) is 0. The second kappa shape index (κ2) is 8.16. The van der Waals surface area contributed by atoms with Gasteiger partial charge in [-0.3, -0.25) is 0 Å². The Bertz CT molecular complexity index is 926. The van der Waals surface area contributed by atoms with E-state index in [4.69, 9.17) is 0 Å². The van der Waals surface area contributed by atoms with Gasteiger partial charge < -0.3 is 0 Å². The zero-order valence-electron chi connectivity index (χ0n) is 16.9. The second-order valence-electron chi connectivity index (χ2n) is 8.49. The average molecular weight is 420 g/mol. The number of fused-ring (bicyclic) bond motifs is 3. The number of halogens is 5. The molecule has 4 rings (SSSR count). The molecule has 4 atom stereocenters. The molecule has 0 aliphatic heterocycles. The molecule has 0 aromatic heterocycles. The largest absolute Gasteiger partial charge is 0.416 e. The Hall–Kier alpha value is -2.17. The molecule has 0 spiro atoms. The molecule has 0 heterocycles. The van der Waals surface area contributed by atoms with Crippen LogP contribution in [0.25, 0.3) is 0 Å². The van der Waals surface area contributed by atoms with Crippen molar-refractivity contribution in [3.05, 3.63) is 82.4 Å². The lowest BCUT2D eigenvalue weighted by Gasteiger charge is -2.46. The lowest BCUT2D eigenvalue weighted by Crippen LogP contribution is -2.35. The molecule has 160 valence electrons. The van der Waals surface area contributed by atoms with Crippen molar-refractivity contribution in [3.8, 4) is 0 Å². The van der Waals surface area contributed by atoms with Gasteiger partial charge in [0.2, 0.25) is 0 Å². The Morgan fingerprint density at radius 1 is 1.00 bits per heavy atom. The third-order valence-corrected chi connectivity index (χ3v) is 6.81. The summed E-state index contributed by atoms with van der Waals surface area (Å²) < 4.78 is 67.4. The smallest absolute Gasteiger partial charge is 0.207 e. The normalized spacial score (nSPS) is 26.5. The molecule has 2 aliphatic rings. The molecule has 0 saturated heterocycles. The first-order chi connectivity index (χ1) is 14.3. The first-order valence-electron chi connectivity index (χ1n) is 10.6. The summed E-state index contributed by atoms with van der Waals surface area (Å²) in [6.45, 7) is 2.05. The Balaban J connectivity index is 1.74. The summed E-state index contributed by atoms with van der Waals surface area (Å²) in [5.74, 6) is -0.627. The number of benzene rings is 2. The second-order valence-corrected chi connectivity index (χ2v) is 8.49. The van der Waals surface area contributed by atoms with E-state index in [9.17, 15) is 22.0 Å². The van der Waals surface area contributed by atoms with E-state index in [0.29, 0.717) is 12.0 Å². The van der Waals surface area contributed by atoms with E-state index in [1.807, 2.05) is 0 Å². The molecule has 0 N–H and O–H groups in total. The summed E-state index contributed by atoms with van der Waals surface area (Å²) in [6.07, 6.45) is 3.78. The van der Waals surface area contributed by atoms with Crippen LogP contribution in [0.5, 0.6) is 0 Å². The quantitative estimate of drug-likeness (QED) is 0.351. The van der Waals surface area contributed by atoms with Gasteiger partial charge in [-0.25, -0.2) is 8.78 Å². The highest BCUT2D eigenvalue weighted by atomic mass is 19.4. The number of alkyl halides is 3. The minimum Gasteiger partial charge on any atom is -0.207 e. The Morgan fingerprint density at radius 2 is 1.73 bits per heavy atom. The van der Waals surface area contributed by atoms with E-state index in [1.54, 1.807) is 12.1 Å². The number of allylic oxidation sites excluding steroid dienone is 2. The maximum atomic E-state index is 14.4. The fourth-order valence-electron chi connectivity index (χ4n) is 5.54. The molecule has 5 heteroatoms. The summed E-state index contributed by atoms with van der Waals surface area (Å²) in [5.41, 5.74) is 1.58. The Labute approximate surface area is 173 Å². The van der Waals surface area contributed by atoms with Gasteiger partial charge in [-0.2, -0.15) is 13.2 Å². The standard InChI is InChI=1S/C25H25F5/c1-2-3-4-15-7-10-19-21(12-11-20-22(19)13-18(26)14-23(20)27)24(15)16-5-8-17(9-6-16)25(28,29)30/h3-6,8-9,13-15,19,21,24H,2,7,10-12H2,1H3/b4-3+/t15-,19-,21+,24-/m1/s1. The van der Waals surface area contributed by atoms with Gasteiger partial charge in [0.05, 0.1) is 5.56 Å². The van der Waals surface area contributed by atoms with Crippen molar-refractivity contribution in [1.82, 2.24) is 0 Å². The zero-order valence-corrected chi connectivity index (χ0v) is 16.9. The Morgan fingerprint density at radius 3 is 2.40 bits per heavy atom. The van der Waals surface area contributed by atoms with Crippen LogP contribution in [0, 0.1) is 23.5 Å². The molecule has 2 aromatic carbocycles. The third-order valence-electron chi connectivity index (χ3n) is 6.81. The maximum absolute atomic E-state index is 14.4. The molecule has 2 aliphatic carbocycles. The van der Waals surface area contributed by atoms with Gasteiger partial charge in [0, 0.05) is 6.07 Å². The molecule has 1 saturated carbocycles. The van der Waals surface area contributed by atoms with Crippen LogP contribution in [-0.2, 0) is 12.6 Å². The fraction of sp³-hybridized carbons (Fsp3) is 0.440. The average Bonchev–Trinajstić information content (AvgIpc) is 2.70. The molecule has 0 bridgehead atoms. The van der Waals surface area contributed by atoms with Gasteiger partial charge in [0.1, 0.15) is 11.6 Å². The van der Waals surface area contributed by atoms with Gasteiger partial charge in [-0.05, 0) is 90.7 Å². The van der Waals surface area contributed by atoms with Crippen molar-refractivity contribution < 1.29 is 22.0 Å². The highest BCUT2D eigenvalue weighted by molar-refractivity contribution is 5.39. The highest BCUT2D eigenvalue weighted by Gasteiger charge is 2.43. The summed E-state index contributed by atoms with van der Waals surface area (Å²) in [4.78, 5) is 0.